The molecule has 0 aliphatic carbocycles. The number of amides is 1. The number of hydrogen-bond donors (Lipinski definition) is 0. The van der Waals surface area contributed by atoms with E-state index in [2.05, 4.69) is 0 Å². The monoisotopic (exact) mass is 316 g/mol. The van der Waals surface area contributed by atoms with Crippen LogP contribution < -0.4 is 4.90 Å². The van der Waals surface area contributed by atoms with Crippen molar-refractivity contribution in [1.29, 1.82) is 0 Å². The number of nitro groups is 1. The largest absolute Gasteiger partial charge is 0.308 e. The van der Waals surface area contributed by atoms with Crippen molar-refractivity contribution in [3.05, 3.63) is 64.2 Å². The summed E-state index contributed by atoms with van der Waals surface area (Å²) < 4.78 is 0. The molecule has 114 valence electrons. The fraction of sp³-hybridized carbons (Fsp3) is 0.188. The number of thioether (sulfide) groups is 1. The molecular weight excluding hydrogens is 300 g/mol. The Morgan fingerprint density at radius 1 is 1.23 bits per heavy atom. The van der Waals surface area contributed by atoms with Gasteiger partial charge >= 0.3 is 0 Å². The number of anilines is 1. The molecule has 1 amide bonds. The Morgan fingerprint density at radius 2 is 1.91 bits per heavy atom. The van der Waals surface area contributed by atoms with Crippen molar-refractivity contribution in [3.8, 4) is 0 Å². The molecule has 0 fully saturated rings. The second-order valence-electron chi connectivity index (χ2n) is 4.53. The first-order valence-corrected chi connectivity index (χ1v) is 8.00. The molecule has 0 aliphatic heterocycles. The van der Waals surface area contributed by atoms with Crippen molar-refractivity contribution in [2.75, 3.05) is 17.7 Å². The van der Waals surface area contributed by atoms with Crippen molar-refractivity contribution >= 4 is 29.0 Å². The molecule has 2 rings (SSSR count). The summed E-state index contributed by atoms with van der Waals surface area (Å²) in [6.07, 6.45) is 1.87. The maximum absolute atomic E-state index is 12.8. The van der Waals surface area contributed by atoms with E-state index in [0.29, 0.717) is 6.54 Å². The summed E-state index contributed by atoms with van der Waals surface area (Å²) in [6, 6.07) is 13.8. The van der Waals surface area contributed by atoms with Gasteiger partial charge in [0.15, 0.2) is 0 Å². The molecule has 2 aromatic carbocycles. The molecule has 0 N–H and O–H groups in total. The van der Waals surface area contributed by atoms with Gasteiger partial charge < -0.3 is 4.90 Å². The van der Waals surface area contributed by atoms with Gasteiger partial charge in [-0.25, -0.2) is 0 Å². The summed E-state index contributed by atoms with van der Waals surface area (Å²) >= 11 is 1.44. The summed E-state index contributed by atoms with van der Waals surface area (Å²) in [7, 11) is 0. The van der Waals surface area contributed by atoms with Gasteiger partial charge in [-0.15, -0.1) is 11.8 Å². The maximum Gasteiger partial charge on any atom is 0.282 e. The van der Waals surface area contributed by atoms with Gasteiger partial charge in [0.05, 0.1) is 4.92 Å². The molecule has 0 spiro atoms. The Bertz CT molecular complexity index is 689. The van der Waals surface area contributed by atoms with Gasteiger partial charge in [0.1, 0.15) is 5.56 Å². The van der Waals surface area contributed by atoms with Gasteiger partial charge in [0.2, 0.25) is 0 Å². The van der Waals surface area contributed by atoms with Crippen LogP contribution in [0.3, 0.4) is 0 Å². The summed E-state index contributed by atoms with van der Waals surface area (Å²) in [5, 5.41) is 11.2. The third-order valence-electron chi connectivity index (χ3n) is 3.26. The number of rotatable bonds is 5. The highest BCUT2D eigenvalue weighted by Gasteiger charge is 2.25. The molecule has 0 saturated heterocycles. The number of benzene rings is 2. The zero-order valence-corrected chi connectivity index (χ0v) is 13.2. The Hall–Kier alpha value is -2.34. The van der Waals surface area contributed by atoms with Crippen LogP contribution in [0.5, 0.6) is 0 Å². The smallest absolute Gasteiger partial charge is 0.282 e. The second-order valence-corrected chi connectivity index (χ2v) is 5.40. The van der Waals surface area contributed by atoms with Gasteiger partial charge in [-0.1, -0.05) is 18.2 Å². The molecule has 0 saturated carbocycles. The van der Waals surface area contributed by atoms with Crippen molar-refractivity contribution < 1.29 is 9.72 Å². The molecule has 6 heteroatoms. The molecule has 0 aromatic heterocycles. The molecule has 22 heavy (non-hydrogen) atoms. The van der Waals surface area contributed by atoms with E-state index in [1.165, 1.54) is 22.7 Å². The fourth-order valence-corrected chi connectivity index (χ4v) is 2.61. The number of para-hydroxylation sites is 1. The van der Waals surface area contributed by atoms with E-state index >= 15 is 0 Å². The summed E-state index contributed by atoms with van der Waals surface area (Å²) in [5.41, 5.74) is 0.665. The average molecular weight is 316 g/mol. The van der Waals surface area contributed by atoms with E-state index in [1.807, 2.05) is 43.5 Å². The SMILES string of the molecule is CCN(C(=O)c1cc(SC)ccc1[N+](=O)[O-])c1ccccc1. The van der Waals surface area contributed by atoms with Crippen LogP contribution in [0, 0.1) is 10.1 Å². The van der Waals surface area contributed by atoms with E-state index in [1.54, 1.807) is 12.1 Å². The minimum atomic E-state index is -0.518. The minimum Gasteiger partial charge on any atom is -0.308 e. The van der Waals surface area contributed by atoms with Crippen LogP contribution in [0.4, 0.5) is 11.4 Å². The normalized spacial score (nSPS) is 10.3. The van der Waals surface area contributed by atoms with Crippen LogP contribution in [0.2, 0.25) is 0 Å². The number of nitro benzene ring substituents is 1. The first-order valence-electron chi connectivity index (χ1n) is 6.77. The number of nitrogens with zero attached hydrogens (tertiary/aromatic N) is 2. The third-order valence-corrected chi connectivity index (χ3v) is 3.99. The van der Waals surface area contributed by atoms with Crippen molar-refractivity contribution in [1.82, 2.24) is 0 Å². The second kappa shape index (κ2) is 7.09. The van der Waals surface area contributed by atoms with Crippen LogP contribution in [0.25, 0.3) is 0 Å². The Morgan fingerprint density at radius 3 is 2.45 bits per heavy atom. The molecule has 0 radical (unpaired) electrons. The van der Waals surface area contributed by atoms with E-state index in [9.17, 15) is 14.9 Å². The number of carbonyl (C=O) groups excluding carboxylic acids is 1. The van der Waals surface area contributed by atoms with Crippen molar-refractivity contribution in [2.24, 2.45) is 0 Å². The lowest BCUT2D eigenvalue weighted by molar-refractivity contribution is -0.385. The van der Waals surface area contributed by atoms with Gasteiger partial charge in [0, 0.05) is 23.2 Å². The van der Waals surface area contributed by atoms with Gasteiger partial charge in [-0.05, 0) is 37.4 Å². The molecule has 0 aliphatic rings. The number of hydrogen-bond acceptors (Lipinski definition) is 4. The highest BCUT2D eigenvalue weighted by molar-refractivity contribution is 7.98. The maximum atomic E-state index is 12.8. The Kier molecular flexibility index (Phi) is 5.16. The molecule has 5 nitrogen and oxygen atoms in total. The fourth-order valence-electron chi connectivity index (χ4n) is 2.17. The van der Waals surface area contributed by atoms with Crippen LogP contribution in [0.1, 0.15) is 17.3 Å². The standard InChI is InChI=1S/C16H16N2O3S/c1-3-17(12-7-5-4-6-8-12)16(19)14-11-13(22-2)9-10-15(14)18(20)21/h4-11H,3H2,1-2H3. The third kappa shape index (κ3) is 3.28. The van der Waals surface area contributed by atoms with E-state index in [0.717, 1.165) is 10.6 Å². The van der Waals surface area contributed by atoms with Gasteiger partial charge in [0.25, 0.3) is 11.6 Å². The molecule has 0 unspecified atom stereocenters. The summed E-state index contributed by atoms with van der Waals surface area (Å²) in [6.45, 7) is 2.28. The molecular formula is C16H16N2O3S. The average Bonchev–Trinajstić information content (AvgIpc) is 2.55. The summed E-state index contributed by atoms with van der Waals surface area (Å²) in [4.78, 5) is 25.8. The van der Waals surface area contributed by atoms with E-state index in [4.69, 9.17) is 0 Å². The topological polar surface area (TPSA) is 63.5 Å². The lowest BCUT2D eigenvalue weighted by Crippen LogP contribution is -2.31. The predicted octanol–water partition coefficient (Wildman–Crippen LogP) is 3.98. The zero-order valence-electron chi connectivity index (χ0n) is 12.4. The summed E-state index contributed by atoms with van der Waals surface area (Å²) in [5.74, 6) is -0.365. The van der Waals surface area contributed by atoms with Crippen molar-refractivity contribution in [3.63, 3.8) is 0 Å². The van der Waals surface area contributed by atoms with Crippen LogP contribution in [-0.2, 0) is 0 Å². The molecule has 0 heterocycles. The van der Waals surface area contributed by atoms with Crippen LogP contribution >= 0.6 is 11.8 Å². The highest BCUT2D eigenvalue weighted by Crippen LogP contribution is 2.27. The quantitative estimate of drug-likeness (QED) is 0.475. The van der Waals surface area contributed by atoms with Gasteiger partial charge in [-0.2, -0.15) is 0 Å². The molecule has 0 atom stereocenters. The highest BCUT2D eigenvalue weighted by atomic mass is 32.2. The predicted molar refractivity (Wildman–Crippen MR) is 88.7 cm³/mol. The van der Waals surface area contributed by atoms with Crippen LogP contribution in [-0.4, -0.2) is 23.6 Å². The zero-order chi connectivity index (χ0) is 16.1. The first kappa shape index (κ1) is 16.0. The number of carbonyl (C=O) groups is 1. The first-order chi connectivity index (χ1) is 10.6. The Labute approximate surface area is 133 Å². The van der Waals surface area contributed by atoms with Crippen LogP contribution in [0.15, 0.2) is 53.4 Å². The minimum absolute atomic E-state index is 0.113. The van der Waals surface area contributed by atoms with E-state index < -0.39 is 4.92 Å². The molecule has 0 bridgehead atoms. The van der Waals surface area contributed by atoms with E-state index in [-0.39, 0.29) is 17.2 Å². The van der Waals surface area contributed by atoms with Crippen molar-refractivity contribution in [2.45, 2.75) is 11.8 Å². The lowest BCUT2D eigenvalue weighted by Gasteiger charge is -2.21. The van der Waals surface area contributed by atoms with Gasteiger partial charge in [-0.3, -0.25) is 14.9 Å². The molecule has 2 aromatic rings. The Balaban J connectivity index is 2.49. The lowest BCUT2D eigenvalue weighted by atomic mass is 10.1.